The number of rotatable bonds is 2. The summed E-state index contributed by atoms with van der Waals surface area (Å²) in [5, 5.41) is 0. The zero-order valence-electron chi connectivity index (χ0n) is 17.7. The molecule has 1 N–H and O–H groups in total. The highest BCUT2D eigenvalue weighted by Gasteiger charge is 2.34. The molecule has 1 aliphatic carbocycles. The molecular formula is C24H25N3O4. The zero-order valence-corrected chi connectivity index (χ0v) is 17.7. The van der Waals surface area contributed by atoms with Gasteiger partial charge in [0.05, 0.1) is 0 Å². The minimum Gasteiger partial charge on any atom is -0.440 e. The van der Waals surface area contributed by atoms with Crippen LogP contribution in [0.15, 0.2) is 39.5 Å². The second-order valence-electron chi connectivity index (χ2n) is 9.43. The maximum atomic E-state index is 13.1. The molecule has 1 saturated heterocycles. The van der Waals surface area contributed by atoms with Crippen LogP contribution in [0.1, 0.15) is 71.3 Å². The van der Waals surface area contributed by atoms with Crippen molar-refractivity contribution in [2.45, 2.75) is 45.4 Å². The molecule has 0 atom stereocenters. The van der Waals surface area contributed by atoms with Crippen molar-refractivity contribution in [2.24, 2.45) is 5.41 Å². The molecule has 0 bridgehead atoms. The maximum Gasteiger partial charge on any atom is 0.261 e. The molecule has 7 nitrogen and oxygen atoms in total. The summed E-state index contributed by atoms with van der Waals surface area (Å²) in [6.07, 6.45) is 2.46. The number of Topliss-reactive ketones (excluding diaryl/α,β-unsaturated/α-hetero) is 1. The molecule has 0 saturated carbocycles. The smallest absolute Gasteiger partial charge is 0.261 e. The summed E-state index contributed by atoms with van der Waals surface area (Å²) in [5.74, 6) is 0.499. The van der Waals surface area contributed by atoms with Gasteiger partial charge >= 0.3 is 0 Å². The summed E-state index contributed by atoms with van der Waals surface area (Å²) in [7, 11) is 0. The minimum absolute atomic E-state index is 0.0220. The van der Waals surface area contributed by atoms with Crippen LogP contribution in [0.25, 0.3) is 11.1 Å². The van der Waals surface area contributed by atoms with E-state index < -0.39 is 5.56 Å². The van der Waals surface area contributed by atoms with Crippen molar-refractivity contribution in [3.63, 3.8) is 0 Å². The number of carbonyl (C=O) groups excluding carboxylic acids is 2. The Balaban J connectivity index is 1.33. The number of amides is 1. The first-order valence-electron chi connectivity index (χ1n) is 10.7. The molecule has 1 fully saturated rings. The topological polar surface area (TPSA) is 96.3 Å². The normalized spacial score (nSPS) is 18.9. The van der Waals surface area contributed by atoms with E-state index in [0.29, 0.717) is 55.9 Å². The third-order valence-corrected chi connectivity index (χ3v) is 6.39. The van der Waals surface area contributed by atoms with Crippen molar-refractivity contribution in [3.8, 4) is 0 Å². The fraction of sp³-hybridized carbons (Fsp3) is 0.417. The van der Waals surface area contributed by atoms with Gasteiger partial charge in [0.25, 0.3) is 11.5 Å². The SMILES string of the molecule is CC1(C)CC(=O)c2cc(C(=O)N3CCC(c4nc5ccccc5o4)CC3)c(=O)[nH]c2C1. The van der Waals surface area contributed by atoms with Gasteiger partial charge in [-0.2, -0.15) is 0 Å². The second-order valence-corrected chi connectivity index (χ2v) is 9.43. The number of aromatic nitrogens is 2. The Morgan fingerprint density at radius 3 is 2.65 bits per heavy atom. The monoisotopic (exact) mass is 419 g/mol. The summed E-state index contributed by atoms with van der Waals surface area (Å²) in [6.45, 7) is 5.04. The lowest BCUT2D eigenvalue weighted by Crippen LogP contribution is -2.41. The van der Waals surface area contributed by atoms with E-state index in [1.807, 2.05) is 38.1 Å². The third-order valence-electron chi connectivity index (χ3n) is 6.39. The van der Waals surface area contributed by atoms with Crippen LogP contribution in [0.5, 0.6) is 0 Å². The predicted molar refractivity (Wildman–Crippen MR) is 115 cm³/mol. The summed E-state index contributed by atoms with van der Waals surface area (Å²) >= 11 is 0. The number of pyridine rings is 1. The van der Waals surface area contributed by atoms with Gasteiger partial charge in [-0.25, -0.2) is 4.98 Å². The highest BCUT2D eigenvalue weighted by Crippen LogP contribution is 2.34. The fourth-order valence-electron chi connectivity index (χ4n) is 4.75. The van der Waals surface area contributed by atoms with Gasteiger partial charge < -0.3 is 14.3 Å². The minimum atomic E-state index is -0.421. The molecule has 0 unspecified atom stereocenters. The lowest BCUT2D eigenvalue weighted by Gasteiger charge is -2.32. The van der Waals surface area contributed by atoms with Gasteiger partial charge in [0.15, 0.2) is 17.3 Å². The molecule has 160 valence electrons. The van der Waals surface area contributed by atoms with Crippen molar-refractivity contribution < 1.29 is 14.0 Å². The highest BCUT2D eigenvalue weighted by atomic mass is 16.3. The Morgan fingerprint density at radius 1 is 1.16 bits per heavy atom. The number of H-pyrrole nitrogens is 1. The average Bonchev–Trinajstić information content (AvgIpc) is 3.16. The number of ketones is 1. The van der Waals surface area contributed by atoms with E-state index in [9.17, 15) is 14.4 Å². The van der Waals surface area contributed by atoms with E-state index in [1.165, 1.54) is 6.07 Å². The molecule has 5 rings (SSSR count). The molecule has 1 amide bonds. The molecule has 2 aromatic heterocycles. The van der Waals surface area contributed by atoms with E-state index in [1.54, 1.807) is 4.90 Å². The van der Waals surface area contributed by atoms with Gasteiger partial charge in [0.1, 0.15) is 11.1 Å². The number of hydrogen-bond acceptors (Lipinski definition) is 5. The zero-order chi connectivity index (χ0) is 21.8. The number of nitrogens with one attached hydrogen (secondary N) is 1. The van der Waals surface area contributed by atoms with Crippen LogP contribution >= 0.6 is 0 Å². The van der Waals surface area contributed by atoms with Crippen LogP contribution in [0.2, 0.25) is 0 Å². The van der Waals surface area contributed by atoms with E-state index in [4.69, 9.17) is 4.42 Å². The number of hydrogen-bond donors (Lipinski definition) is 1. The molecule has 7 heteroatoms. The van der Waals surface area contributed by atoms with E-state index in [-0.39, 0.29) is 28.6 Å². The number of piperidine rings is 1. The van der Waals surface area contributed by atoms with Crippen LogP contribution in [0.3, 0.4) is 0 Å². The lowest BCUT2D eigenvalue weighted by atomic mass is 9.75. The number of nitrogens with zero attached hydrogens (tertiary/aromatic N) is 2. The Labute approximate surface area is 179 Å². The quantitative estimate of drug-likeness (QED) is 0.683. The van der Waals surface area contributed by atoms with Gasteiger partial charge in [-0.05, 0) is 42.9 Å². The van der Waals surface area contributed by atoms with Crippen molar-refractivity contribution in [2.75, 3.05) is 13.1 Å². The summed E-state index contributed by atoms with van der Waals surface area (Å²) < 4.78 is 5.89. The first kappa shape index (κ1) is 19.7. The van der Waals surface area contributed by atoms with E-state index in [2.05, 4.69) is 9.97 Å². The second kappa shape index (κ2) is 7.18. The maximum absolute atomic E-state index is 13.1. The summed E-state index contributed by atoms with van der Waals surface area (Å²) in [4.78, 5) is 47.4. The Morgan fingerprint density at radius 2 is 1.90 bits per heavy atom. The Hall–Kier alpha value is -3.22. The number of likely N-dealkylation sites (tertiary alicyclic amines) is 1. The molecule has 0 spiro atoms. The number of benzene rings is 1. The predicted octanol–water partition coefficient (Wildman–Crippen LogP) is 3.69. The molecule has 0 radical (unpaired) electrons. The molecule has 1 aliphatic heterocycles. The van der Waals surface area contributed by atoms with Gasteiger partial charge in [-0.3, -0.25) is 14.4 Å². The first-order valence-corrected chi connectivity index (χ1v) is 10.7. The number of para-hydroxylation sites is 2. The van der Waals surface area contributed by atoms with Crippen molar-refractivity contribution in [1.82, 2.24) is 14.9 Å². The van der Waals surface area contributed by atoms with E-state index in [0.717, 1.165) is 11.1 Å². The van der Waals surface area contributed by atoms with Crippen molar-refractivity contribution >= 4 is 22.8 Å². The van der Waals surface area contributed by atoms with Crippen LogP contribution in [0, 0.1) is 5.41 Å². The van der Waals surface area contributed by atoms with Crippen LogP contribution in [0.4, 0.5) is 0 Å². The summed E-state index contributed by atoms with van der Waals surface area (Å²) in [5.41, 5.74) is 2.16. The number of carbonyl (C=O) groups is 2. The van der Waals surface area contributed by atoms with Gasteiger partial charge in [-0.15, -0.1) is 0 Å². The highest BCUT2D eigenvalue weighted by molar-refractivity contribution is 6.02. The number of oxazole rings is 1. The fourth-order valence-corrected chi connectivity index (χ4v) is 4.75. The average molecular weight is 419 g/mol. The van der Waals surface area contributed by atoms with Crippen molar-refractivity contribution in [1.29, 1.82) is 0 Å². The largest absolute Gasteiger partial charge is 0.440 e. The van der Waals surface area contributed by atoms with Crippen LogP contribution in [-0.2, 0) is 6.42 Å². The Bertz CT molecular complexity index is 1210. The molecule has 3 heterocycles. The molecular weight excluding hydrogens is 394 g/mol. The van der Waals surface area contributed by atoms with Gasteiger partial charge in [-0.1, -0.05) is 26.0 Å². The van der Waals surface area contributed by atoms with Crippen LogP contribution in [-0.4, -0.2) is 39.6 Å². The third kappa shape index (κ3) is 3.58. The lowest BCUT2D eigenvalue weighted by molar-refractivity contribution is 0.0705. The summed E-state index contributed by atoms with van der Waals surface area (Å²) in [6, 6.07) is 9.17. The van der Waals surface area contributed by atoms with Crippen LogP contribution < -0.4 is 5.56 Å². The molecule has 3 aromatic rings. The number of fused-ring (bicyclic) bond motifs is 2. The first-order chi connectivity index (χ1) is 14.8. The van der Waals surface area contributed by atoms with Gasteiger partial charge in [0.2, 0.25) is 0 Å². The standard InChI is InChI=1S/C24H25N3O4/c1-24(2)12-18-15(19(28)13-24)11-16(21(29)25-18)23(30)27-9-7-14(8-10-27)22-26-17-5-3-4-6-20(17)31-22/h3-6,11,14H,7-10,12-13H2,1-2H3,(H,25,29). The number of aromatic amines is 1. The van der Waals surface area contributed by atoms with Crippen molar-refractivity contribution in [3.05, 3.63) is 63.4 Å². The molecule has 2 aliphatic rings. The van der Waals surface area contributed by atoms with E-state index >= 15 is 0 Å². The Kier molecular flexibility index (Phi) is 4.57. The van der Waals surface area contributed by atoms with Gasteiger partial charge in [0, 0.05) is 36.7 Å². The molecule has 1 aromatic carbocycles. The molecule has 31 heavy (non-hydrogen) atoms.